The highest BCUT2D eigenvalue weighted by Crippen LogP contribution is 2.32. The van der Waals surface area contributed by atoms with Crippen molar-refractivity contribution < 1.29 is 17.2 Å². The summed E-state index contributed by atoms with van der Waals surface area (Å²) in [6.07, 6.45) is -1.18. The van der Waals surface area contributed by atoms with Crippen LogP contribution in [0.2, 0.25) is 10.0 Å². The second kappa shape index (κ2) is 11.8. The first-order chi connectivity index (χ1) is 19.5. The van der Waals surface area contributed by atoms with Gasteiger partial charge in [-0.05, 0) is 47.5 Å². The van der Waals surface area contributed by atoms with Gasteiger partial charge in [-0.1, -0.05) is 65.7 Å². The summed E-state index contributed by atoms with van der Waals surface area (Å²) in [6.45, 7) is -0.533. The highest BCUT2D eigenvalue weighted by atomic mass is 35.5. The molecule has 2 aliphatic heterocycles. The van der Waals surface area contributed by atoms with E-state index in [2.05, 4.69) is 9.39 Å². The maximum absolute atomic E-state index is 13.8. The van der Waals surface area contributed by atoms with Crippen LogP contribution in [0, 0.1) is 0 Å². The van der Waals surface area contributed by atoms with E-state index in [1.165, 1.54) is 5.01 Å². The summed E-state index contributed by atoms with van der Waals surface area (Å²) < 4.78 is 59.1. The summed E-state index contributed by atoms with van der Waals surface area (Å²) >= 11 is 12.1. The van der Waals surface area contributed by atoms with Crippen molar-refractivity contribution >= 4 is 50.9 Å². The summed E-state index contributed by atoms with van der Waals surface area (Å²) in [6, 6.07) is 23.3. The molecular weight excluding hydrogens is 593 g/mol. The smallest absolute Gasteiger partial charge is 0.325 e. The van der Waals surface area contributed by atoms with Gasteiger partial charge in [0.05, 0.1) is 12.3 Å². The molecule has 0 radical (unpaired) electrons. The molecule has 8 nitrogen and oxygen atoms in total. The van der Waals surface area contributed by atoms with Gasteiger partial charge in [0.1, 0.15) is 5.84 Å². The van der Waals surface area contributed by atoms with Crippen molar-refractivity contribution in [2.45, 2.75) is 24.7 Å². The summed E-state index contributed by atoms with van der Waals surface area (Å²) in [5, 5.41) is 7.17. The lowest BCUT2D eigenvalue weighted by atomic mass is 9.91. The van der Waals surface area contributed by atoms with Gasteiger partial charge >= 0.3 is 10.2 Å². The molecule has 13 heteroatoms. The maximum atomic E-state index is 13.8. The molecule has 0 bridgehead atoms. The van der Waals surface area contributed by atoms with Crippen molar-refractivity contribution in [3.05, 3.63) is 106 Å². The van der Waals surface area contributed by atoms with E-state index in [9.17, 15) is 17.2 Å². The second-order valence-electron chi connectivity index (χ2n) is 9.67. The Balaban J connectivity index is 1.58. The van der Waals surface area contributed by atoms with Crippen LogP contribution in [0.3, 0.4) is 0 Å². The molecule has 3 aromatic carbocycles. The highest BCUT2D eigenvalue weighted by molar-refractivity contribution is 7.87. The Bertz CT molecular complexity index is 1590. The van der Waals surface area contributed by atoms with Crippen LogP contribution in [-0.4, -0.2) is 60.8 Å². The molecule has 2 heterocycles. The van der Waals surface area contributed by atoms with Gasteiger partial charge in [-0.15, -0.1) is 4.40 Å². The van der Waals surface area contributed by atoms with Gasteiger partial charge in [0.15, 0.2) is 0 Å². The van der Waals surface area contributed by atoms with Gasteiger partial charge in [-0.2, -0.15) is 22.8 Å². The Hall–Kier alpha value is -3.38. The van der Waals surface area contributed by atoms with E-state index in [1.807, 2.05) is 42.5 Å². The van der Waals surface area contributed by atoms with E-state index in [0.717, 1.165) is 15.4 Å². The number of hydrazone groups is 1. The van der Waals surface area contributed by atoms with E-state index >= 15 is 0 Å². The third-order valence-corrected chi connectivity index (χ3v) is 8.74. The van der Waals surface area contributed by atoms with Gasteiger partial charge in [0.25, 0.3) is 11.9 Å². The molecule has 0 amide bonds. The first-order valence-corrected chi connectivity index (χ1v) is 14.9. The summed E-state index contributed by atoms with van der Waals surface area (Å²) in [5.74, 6) is -3.51. The molecule has 0 aromatic heterocycles. The zero-order valence-electron chi connectivity index (χ0n) is 21.7. The van der Waals surface area contributed by atoms with Crippen LogP contribution in [0.1, 0.15) is 35.4 Å². The minimum Gasteiger partial charge on any atom is -0.383 e. The fraction of sp³-hybridized carbons (Fsp3) is 0.250. The zero-order valence-corrected chi connectivity index (χ0v) is 24.0. The van der Waals surface area contributed by atoms with Crippen LogP contribution in [0.25, 0.3) is 0 Å². The normalized spacial score (nSPS) is 20.2. The number of nitrogens with two attached hydrogens (primary N) is 1. The Morgan fingerprint density at radius 1 is 0.927 bits per heavy atom. The lowest BCUT2D eigenvalue weighted by molar-refractivity contribution is -0.0411. The number of hydrogen-bond acceptors (Lipinski definition) is 3. The predicted molar refractivity (Wildman–Crippen MR) is 158 cm³/mol. The lowest BCUT2D eigenvalue weighted by Crippen LogP contribution is -2.42. The van der Waals surface area contributed by atoms with E-state index in [1.54, 1.807) is 36.4 Å². The van der Waals surface area contributed by atoms with Crippen molar-refractivity contribution in [1.82, 2.24) is 9.31 Å². The van der Waals surface area contributed by atoms with Gasteiger partial charge in [0.2, 0.25) is 0 Å². The molecule has 2 aliphatic rings. The maximum Gasteiger partial charge on any atom is 0.325 e. The highest BCUT2D eigenvalue weighted by Gasteiger charge is 2.39. The van der Waals surface area contributed by atoms with E-state index in [0.29, 0.717) is 21.3 Å². The molecule has 1 atom stereocenters. The summed E-state index contributed by atoms with van der Waals surface area (Å²) in [4.78, 5) is 4.38. The third kappa shape index (κ3) is 6.92. The molecule has 1 fully saturated rings. The topological polar surface area (TPSA) is 104 Å². The minimum atomic E-state index is -4.40. The number of hydrogen-bond donors (Lipinski definition) is 1. The van der Waals surface area contributed by atoms with Crippen LogP contribution in [0.5, 0.6) is 0 Å². The fourth-order valence-corrected chi connectivity index (χ4v) is 5.93. The standard InChI is InChI=1S/C28H26Cl2F2N6O2S/c29-22-10-6-20(7-11-22)25-24(19-4-2-1-3-5-19)18-38(35-25)27(34-26(33)21-8-12-23(30)13-9-21)36-41(39,40)37-16-14-28(31,32)15-17-37/h1-13,24H,14-18H2,(H2,33,34,36). The SMILES string of the molecule is N/C(=N\C(=N\S(=O)(=O)N1CCC(F)(F)CC1)N1CC(c2ccccc2)C(c2ccc(Cl)cc2)=N1)c1ccc(Cl)cc1. The van der Waals surface area contributed by atoms with Crippen molar-refractivity contribution in [3.8, 4) is 0 Å². The molecule has 214 valence electrons. The molecule has 1 saturated heterocycles. The lowest BCUT2D eigenvalue weighted by Gasteiger charge is -2.29. The number of halogens is 4. The first kappa shape index (κ1) is 29.1. The van der Waals surface area contributed by atoms with Crippen molar-refractivity contribution in [2.24, 2.45) is 20.2 Å². The number of guanidine groups is 1. The quantitative estimate of drug-likeness (QED) is 0.300. The third-order valence-electron chi connectivity index (χ3n) is 6.82. The number of aliphatic imine (C=N–C) groups is 1. The van der Waals surface area contributed by atoms with Crippen LogP contribution >= 0.6 is 23.2 Å². The molecule has 3 aromatic rings. The average molecular weight is 620 g/mol. The minimum absolute atomic E-state index is 0.0211. The molecule has 5 rings (SSSR count). The molecule has 1 unspecified atom stereocenters. The van der Waals surface area contributed by atoms with Gasteiger partial charge in [0, 0.05) is 47.5 Å². The average Bonchev–Trinajstić information content (AvgIpc) is 3.39. The number of alkyl halides is 2. The zero-order chi connectivity index (χ0) is 29.2. The number of benzene rings is 3. The molecule has 0 saturated carbocycles. The number of rotatable bonds is 5. The fourth-order valence-electron chi connectivity index (χ4n) is 4.58. The largest absolute Gasteiger partial charge is 0.383 e. The van der Waals surface area contributed by atoms with E-state index in [-0.39, 0.29) is 37.3 Å². The molecule has 2 N–H and O–H groups in total. The first-order valence-electron chi connectivity index (χ1n) is 12.8. The summed E-state index contributed by atoms with van der Waals surface area (Å²) in [5.41, 5.74) is 9.14. The van der Waals surface area contributed by atoms with Crippen LogP contribution < -0.4 is 5.73 Å². The van der Waals surface area contributed by atoms with Crippen molar-refractivity contribution in [2.75, 3.05) is 19.6 Å². The number of amidine groups is 1. The molecule has 41 heavy (non-hydrogen) atoms. The van der Waals surface area contributed by atoms with Gasteiger partial charge in [-0.25, -0.2) is 13.8 Å². The van der Waals surface area contributed by atoms with Gasteiger partial charge in [-0.3, -0.25) is 0 Å². The monoisotopic (exact) mass is 618 g/mol. The van der Waals surface area contributed by atoms with Crippen molar-refractivity contribution in [1.29, 1.82) is 0 Å². The predicted octanol–water partition coefficient (Wildman–Crippen LogP) is 5.53. The van der Waals surface area contributed by atoms with Crippen molar-refractivity contribution in [3.63, 3.8) is 0 Å². The number of piperidine rings is 1. The Labute approximate surface area is 247 Å². The van der Waals surface area contributed by atoms with Crippen LogP contribution in [-0.2, 0) is 10.2 Å². The molecule has 0 spiro atoms. The van der Waals surface area contributed by atoms with Crippen LogP contribution in [0.4, 0.5) is 8.78 Å². The second-order valence-corrected chi connectivity index (χ2v) is 12.1. The summed E-state index contributed by atoms with van der Waals surface area (Å²) in [7, 11) is -4.40. The Morgan fingerprint density at radius 3 is 2.12 bits per heavy atom. The molecule has 0 aliphatic carbocycles. The van der Waals surface area contributed by atoms with Gasteiger partial charge < -0.3 is 5.73 Å². The Morgan fingerprint density at radius 2 is 1.51 bits per heavy atom. The number of nitrogens with zero attached hydrogens (tertiary/aromatic N) is 5. The van der Waals surface area contributed by atoms with E-state index in [4.69, 9.17) is 34.0 Å². The molecular formula is C28H26Cl2F2N6O2S. The van der Waals surface area contributed by atoms with E-state index < -0.39 is 29.0 Å². The van der Waals surface area contributed by atoms with Crippen LogP contribution in [0.15, 0.2) is 93.4 Å². The Kier molecular flexibility index (Phi) is 8.42.